The van der Waals surface area contributed by atoms with E-state index < -0.39 is 5.41 Å². The topological polar surface area (TPSA) is 53.5 Å². The minimum atomic E-state index is -0.613. The fourth-order valence-electron chi connectivity index (χ4n) is 4.46. The minimum Gasteiger partial charge on any atom is -0.339 e. The number of fused-ring (bicyclic) bond motifs is 1. The molecule has 0 N–H and O–H groups in total. The number of aryl methyl sites for hydroxylation is 1. The molecule has 28 heavy (non-hydrogen) atoms. The number of hydrogen-bond donors (Lipinski definition) is 0. The van der Waals surface area contributed by atoms with Crippen molar-refractivity contribution in [3.05, 3.63) is 72.1 Å². The summed E-state index contributed by atoms with van der Waals surface area (Å²) in [5.74, 6) is 0.0658. The molecule has 144 valence electrons. The van der Waals surface area contributed by atoms with Crippen molar-refractivity contribution in [3.8, 4) is 0 Å². The number of pyridine rings is 1. The zero-order chi connectivity index (χ0) is 19.7. The van der Waals surface area contributed by atoms with Gasteiger partial charge in [0.25, 0.3) is 0 Å². The van der Waals surface area contributed by atoms with Crippen LogP contribution in [-0.4, -0.2) is 41.3 Å². The summed E-state index contributed by atoms with van der Waals surface area (Å²) in [6.07, 6.45) is 5.30. The standard InChI is InChI=1S/C23H25N3O2/c1-3-21(27)25-13-10-23(11-14-25,19-7-5-4-6-8-19)22(28)26-12-9-18-16-24-17(2)15-20(18)26/h3-8,15-16H,1,9-14H2,2H3. The molecule has 2 aliphatic heterocycles. The normalized spacial score (nSPS) is 17.9. The van der Waals surface area contributed by atoms with Crippen molar-refractivity contribution in [2.45, 2.75) is 31.6 Å². The van der Waals surface area contributed by atoms with Gasteiger partial charge in [-0.1, -0.05) is 36.9 Å². The Morgan fingerprint density at radius 1 is 1.14 bits per heavy atom. The summed E-state index contributed by atoms with van der Waals surface area (Å²) in [7, 11) is 0. The Hall–Kier alpha value is -2.95. The molecule has 0 unspecified atom stereocenters. The Balaban J connectivity index is 1.70. The quantitative estimate of drug-likeness (QED) is 0.775. The fraction of sp³-hybridized carbons (Fsp3) is 0.348. The Morgan fingerprint density at radius 3 is 2.54 bits per heavy atom. The summed E-state index contributed by atoms with van der Waals surface area (Å²) >= 11 is 0. The van der Waals surface area contributed by atoms with E-state index in [1.54, 1.807) is 4.90 Å². The molecule has 0 bridgehead atoms. The molecule has 0 spiro atoms. The van der Waals surface area contributed by atoms with E-state index >= 15 is 0 Å². The summed E-state index contributed by atoms with van der Waals surface area (Å²) in [6, 6.07) is 12.0. The summed E-state index contributed by atoms with van der Waals surface area (Å²) < 4.78 is 0. The van der Waals surface area contributed by atoms with Gasteiger partial charge in [-0.2, -0.15) is 0 Å². The van der Waals surface area contributed by atoms with Crippen molar-refractivity contribution < 1.29 is 9.59 Å². The molecule has 2 aromatic rings. The molecule has 1 aromatic carbocycles. The molecule has 4 rings (SSSR count). The van der Waals surface area contributed by atoms with Crippen LogP contribution in [0.4, 0.5) is 5.69 Å². The predicted octanol–water partition coefficient (Wildman–Crippen LogP) is 3.03. The van der Waals surface area contributed by atoms with Crippen LogP contribution in [0.15, 0.2) is 55.3 Å². The first-order chi connectivity index (χ1) is 13.5. The molecule has 1 saturated heterocycles. The maximum Gasteiger partial charge on any atom is 0.245 e. The van der Waals surface area contributed by atoms with Gasteiger partial charge in [0.15, 0.2) is 0 Å². The van der Waals surface area contributed by atoms with Gasteiger partial charge in [-0.15, -0.1) is 0 Å². The van der Waals surface area contributed by atoms with E-state index in [9.17, 15) is 9.59 Å². The molecule has 1 aromatic heterocycles. The van der Waals surface area contributed by atoms with Gasteiger partial charge in [-0.25, -0.2) is 0 Å². The highest BCUT2D eigenvalue weighted by atomic mass is 16.2. The van der Waals surface area contributed by atoms with Gasteiger partial charge in [0.1, 0.15) is 0 Å². The van der Waals surface area contributed by atoms with E-state index in [1.165, 1.54) is 6.08 Å². The Labute approximate surface area is 165 Å². The molecule has 0 saturated carbocycles. The summed E-state index contributed by atoms with van der Waals surface area (Å²) in [5, 5.41) is 0. The molecule has 0 aliphatic carbocycles. The molecule has 1 fully saturated rings. The minimum absolute atomic E-state index is 0.0673. The highest BCUT2D eigenvalue weighted by Gasteiger charge is 2.46. The molecular weight excluding hydrogens is 350 g/mol. The fourth-order valence-corrected chi connectivity index (χ4v) is 4.46. The van der Waals surface area contributed by atoms with E-state index in [2.05, 4.69) is 11.6 Å². The molecule has 5 heteroatoms. The number of carbonyl (C=O) groups is 2. The first-order valence-electron chi connectivity index (χ1n) is 9.79. The third kappa shape index (κ3) is 3.01. The van der Waals surface area contributed by atoms with Crippen LogP contribution in [0.3, 0.4) is 0 Å². The average Bonchev–Trinajstić information content (AvgIpc) is 3.16. The largest absolute Gasteiger partial charge is 0.339 e. The number of amides is 2. The van der Waals surface area contributed by atoms with Gasteiger partial charge in [0.05, 0.1) is 11.1 Å². The monoisotopic (exact) mass is 375 g/mol. The first-order valence-corrected chi connectivity index (χ1v) is 9.79. The number of piperidine rings is 1. The molecular formula is C23H25N3O2. The number of likely N-dealkylation sites (tertiary alicyclic amines) is 1. The van der Waals surface area contributed by atoms with Crippen molar-refractivity contribution in [2.75, 3.05) is 24.5 Å². The van der Waals surface area contributed by atoms with Crippen molar-refractivity contribution in [1.29, 1.82) is 0 Å². The van der Waals surface area contributed by atoms with Gasteiger partial charge >= 0.3 is 0 Å². The second-order valence-corrected chi connectivity index (χ2v) is 7.64. The number of hydrogen-bond acceptors (Lipinski definition) is 3. The van der Waals surface area contributed by atoms with E-state index in [4.69, 9.17) is 0 Å². The maximum absolute atomic E-state index is 13.9. The molecule has 3 heterocycles. The summed E-state index contributed by atoms with van der Waals surface area (Å²) in [4.78, 5) is 34.1. The zero-order valence-corrected chi connectivity index (χ0v) is 16.2. The van der Waals surface area contributed by atoms with Crippen LogP contribution in [0.5, 0.6) is 0 Å². The van der Waals surface area contributed by atoms with Crippen molar-refractivity contribution >= 4 is 17.5 Å². The smallest absolute Gasteiger partial charge is 0.245 e. The van der Waals surface area contributed by atoms with E-state index in [0.717, 1.165) is 28.9 Å². The summed E-state index contributed by atoms with van der Waals surface area (Å²) in [6.45, 7) is 7.34. The second kappa shape index (κ2) is 7.23. The van der Waals surface area contributed by atoms with Crippen molar-refractivity contribution in [3.63, 3.8) is 0 Å². The van der Waals surface area contributed by atoms with Gasteiger partial charge < -0.3 is 9.80 Å². The highest BCUT2D eigenvalue weighted by molar-refractivity contribution is 6.03. The van der Waals surface area contributed by atoms with E-state index in [1.807, 2.05) is 54.4 Å². The lowest BCUT2D eigenvalue weighted by atomic mass is 9.71. The first kappa shape index (κ1) is 18.4. The predicted molar refractivity (Wildman–Crippen MR) is 109 cm³/mol. The van der Waals surface area contributed by atoms with Crippen molar-refractivity contribution in [1.82, 2.24) is 9.88 Å². The Bertz CT molecular complexity index is 915. The number of aromatic nitrogens is 1. The average molecular weight is 375 g/mol. The molecule has 5 nitrogen and oxygen atoms in total. The molecule has 0 atom stereocenters. The van der Waals surface area contributed by atoms with Gasteiger partial charge in [-0.05, 0) is 49.5 Å². The lowest BCUT2D eigenvalue weighted by molar-refractivity contribution is -0.132. The van der Waals surface area contributed by atoms with E-state index in [0.29, 0.717) is 32.5 Å². The van der Waals surface area contributed by atoms with Crippen LogP contribution in [0.25, 0.3) is 0 Å². The van der Waals surface area contributed by atoms with Gasteiger partial charge in [0.2, 0.25) is 11.8 Å². The Morgan fingerprint density at radius 2 is 1.86 bits per heavy atom. The highest BCUT2D eigenvalue weighted by Crippen LogP contribution is 2.40. The zero-order valence-electron chi connectivity index (χ0n) is 16.2. The van der Waals surface area contributed by atoms with Gasteiger partial charge in [-0.3, -0.25) is 14.6 Å². The SMILES string of the molecule is C=CC(=O)N1CCC(C(=O)N2CCc3cnc(C)cc32)(c2ccccc2)CC1. The van der Waals surface area contributed by atoms with Crippen LogP contribution in [-0.2, 0) is 21.4 Å². The van der Waals surface area contributed by atoms with Gasteiger partial charge in [0, 0.05) is 31.5 Å². The third-order valence-electron chi connectivity index (χ3n) is 6.08. The number of benzene rings is 1. The number of nitrogens with zero attached hydrogens (tertiary/aromatic N) is 3. The second-order valence-electron chi connectivity index (χ2n) is 7.64. The molecule has 2 amide bonds. The lowest BCUT2D eigenvalue weighted by Gasteiger charge is -2.42. The molecule has 2 aliphatic rings. The van der Waals surface area contributed by atoms with Crippen LogP contribution in [0.1, 0.15) is 29.7 Å². The van der Waals surface area contributed by atoms with Crippen LogP contribution in [0.2, 0.25) is 0 Å². The molecule has 0 radical (unpaired) electrons. The number of carbonyl (C=O) groups excluding carboxylic acids is 2. The van der Waals surface area contributed by atoms with E-state index in [-0.39, 0.29) is 11.8 Å². The van der Waals surface area contributed by atoms with Crippen LogP contribution < -0.4 is 4.90 Å². The lowest BCUT2D eigenvalue weighted by Crippen LogP contribution is -2.53. The Kier molecular flexibility index (Phi) is 4.75. The third-order valence-corrected chi connectivity index (χ3v) is 6.08. The number of rotatable bonds is 3. The van der Waals surface area contributed by atoms with Crippen molar-refractivity contribution in [2.24, 2.45) is 0 Å². The van der Waals surface area contributed by atoms with Crippen LogP contribution >= 0.6 is 0 Å². The maximum atomic E-state index is 13.9. The summed E-state index contributed by atoms with van der Waals surface area (Å²) in [5.41, 5.74) is 3.44. The number of anilines is 1. The van der Waals surface area contributed by atoms with Crippen LogP contribution in [0, 0.1) is 6.92 Å².